The highest BCUT2D eigenvalue weighted by atomic mass is 16.2. The van der Waals surface area contributed by atoms with Gasteiger partial charge in [0.2, 0.25) is 0 Å². The lowest BCUT2D eigenvalue weighted by atomic mass is 9.89. The standard InChI is InChI=1S/C10H19N3O/c1-2-7-13-8-10(12-9(13)14)3-5-11-6-4-10/h11H,2-8H2,1H3,(H,12,14). The van der Waals surface area contributed by atoms with Gasteiger partial charge >= 0.3 is 6.03 Å². The quantitative estimate of drug-likeness (QED) is 0.679. The first-order valence-electron chi connectivity index (χ1n) is 5.54. The van der Waals surface area contributed by atoms with Gasteiger partial charge in [0, 0.05) is 13.1 Å². The van der Waals surface area contributed by atoms with Crippen molar-refractivity contribution in [2.45, 2.75) is 31.7 Å². The van der Waals surface area contributed by atoms with E-state index in [4.69, 9.17) is 0 Å². The molecule has 0 aromatic carbocycles. The average Bonchev–Trinajstić information content (AvgIpc) is 2.45. The van der Waals surface area contributed by atoms with Crippen LogP contribution in [0.2, 0.25) is 0 Å². The van der Waals surface area contributed by atoms with E-state index in [1.165, 1.54) is 0 Å². The van der Waals surface area contributed by atoms with Crippen molar-refractivity contribution in [3.63, 3.8) is 0 Å². The predicted molar refractivity (Wildman–Crippen MR) is 55.2 cm³/mol. The molecule has 4 nitrogen and oxygen atoms in total. The number of urea groups is 1. The molecule has 0 bridgehead atoms. The molecular weight excluding hydrogens is 178 g/mol. The van der Waals surface area contributed by atoms with Crippen molar-refractivity contribution in [3.05, 3.63) is 0 Å². The molecule has 80 valence electrons. The number of nitrogens with zero attached hydrogens (tertiary/aromatic N) is 1. The van der Waals surface area contributed by atoms with E-state index < -0.39 is 0 Å². The molecule has 1 spiro atoms. The van der Waals surface area contributed by atoms with Crippen LogP contribution < -0.4 is 10.6 Å². The Labute approximate surface area is 85.0 Å². The van der Waals surface area contributed by atoms with Gasteiger partial charge in [0.1, 0.15) is 0 Å². The second-order valence-electron chi connectivity index (χ2n) is 4.38. The van der Waals surface area contributed by atoms with Crippen LogP contribution >= 0.6 is 0 Å². The maximum Gasteiger partial charge on any atom is 0.317 e. The molecule has 0 radical (unpaired) electrons. The summed E-state index contributed by atoms with van der Waals surface area (Å²) in [5.74, 6) is 0. The monoisotopic (exact) mass is 197 g/mol. The Morgan fingerprint density at radius 2 is 2.14 bits per heavy atom. The smallest absolute Gasteiger partial charge is 0.317 e. The molecule has 0 aromatic heterocycles. The van der Waals surface area contributed by atoms with Crippen LogP contribution in [0.15, 0.2) is 0 Å². The lowest BCUT2D eigenvalue weighted by Crippen LogP contribution is -2.51. The highest BCUT2D eigenvalue weighted by molar-refractivity contribution is 5.77. The van der Waals surface area contributed by atoms with Crippen LogP contribution in [0.25, 0.3) is 0 Å². The summed E-state index contributed by atoms with van der Waals surface area (Å²) in [5, 5.41) is 6.48. The molecule has 14 heavy (non-hydrogen) atoms. The molecule has 2 saturated heterocycles. The maximum atomic E-state index is 11.6. The van der Waals surface area contributed by atoms with E-state index in [1.807, 2.05) is 4.90 Å². The summed E-state index contributed by atoms with van der Waals surface area (Å²) in [4.78, 5) is 13.6. The topological polar surface area (TPSA) is 44.4 Å². The average molecular weight is 197 g/mol. The van der Waals surface area contributed by atoms with Gasteiger partial charge in [0.05, 0.1) is 5.54 Å². The van der Waals surface area contributed by atoms with Crippen LogP contribution in [-0.4, -0.2) is 42.6 Å². The van der Waals surface area contributed by atoms with Gasteiger partial charge in [-0.05, 0) is 32.4 Å². The van der Waals surface area contributed by atoms with Gasteiger partial charge in [-0.15, -0.1) is 0 Å². The fraction of sp³-hybridized carbons (Fsp3) is 0.900. The summed E-state index contributed by atoms with van der Waals surface area (Å²) < 4.78 is 0. The second-order valence-corrected chi connectivity index (χ2v) is 4.38. The molecule has 2 heterocycles. The van der Waals surface area contributed by atoms with E-state index >= 15 is 0 Å². The van der Waals surface area contributed by atoms with Gasteiger partial charge in [0.25, 0.3) is 0 Å². The van der Waals surface area contributed by atoms with Crippen molar-refractivity contribution >= 4 is 6.03 Å². The van der Waals surface area contributed by atoms with Crippen LogP contribution in [0, 0.1) is 0 Å². The second kappa shape index (κ2) is 3.77. The number of carbonyl (C=O) groups is 1. The Morgan fingerprint density at radius 1 is 1.43 bits per heavy atom. The highest BCUT2D eigenvalue weighted by Crippen LogP contribution is 2.25. The lowest BCUT2D eigenvalue weighted by molar-refractivity contribution is 0.217. The first kappa shape index (κ1) is 9.77. The van der Waals surface area contributed by atoms with Gasteiger partial charge in [-0.3, -0.25) is 0 Å². The van der Waals surface area contributed by atoms with Crippen LogP contribution in [0.5, 0.6) is 0 Å². The largest absolute Gasteiger partial charge is 0.331 e. The van der Waals surface area contributed by atoms with Crippen molar-refractivity contribution in [2.75, 3.05) is 26.2 Å². The molecule has 4 heteroatoms. The van der Waals surface area contributed by atoms with E-state index in [0.29, 0.717) is 0 Å². The predicted octanol–water partition coefficient (Wildman–Crippen LogP) is 0.544. The van der Waals surface area contributed by atoms with Gasteiger partial charge in [-0.1, -0.05) is 6.92 Å². The molecule has 2 rings (SSSR count). The molecule has 2 fully saturated rings. The van der Waals surface area contributed by atoms with Gasteiger partial charge in [-0.2, -0.15) is 0 Å². The number of piperidine rings is 1. The number of amides is 2. The van der Waals surface area contributed by atoms with Crippen molar-refractivity contribution in [2.24, 2.45) is 0 Å². The third-order valence-electron chi connectivity index (χ3n) is 3.21. The number of hydrogen-bond acceptors (Lipinski definition) is 2. The Hall–Kier alpha value is -0.770. The molecule has 2 aliphatic heterocycles. The summed E-state index contributed by atoms with van der Waals surface area (Å²) in [5.41, 5.74) is 0.0809. The molecule has 0 unspecified atom stereocenters. The van der Waals surface area contributed by atoms with Crippen molar-refractivity contribution in [3.8, 4) is 0 Å². The van der Waals surface area contributed by atoms with Gasteiger partial charge in [-0.25, -0.2) is 4.79 Å². The van der Waals surface area contributed by atoms with Crippen molar-refractivity contribution in [1.82, 2.24) is 15.5 Å². The third-order valence-corrected chi connectivity index (χ3v) is 3.21. The van der Waals surface area contributed by atoms with Crippen LogP contribution in [0.4, 0.5) is 4.79 Å². The Kier molecular flexibility index (Phi) is 2.63. The van der Waals surface area contributed by atoms with E-state index in [-0.39, 0.29) is 11.6 Å². The normalized spacial score (nSPS) is 25.5. The Balaban J connectivity index is 1.99. The number of rotatable bonds is 2. The minimum absolute atomic E-state index is 0.0809. The van der Waals surface area contributed by atoms with Crippen molar-refractivity contribution in [1.29, 1.82) is 0 Å². The molecular formula is C10H19N3O. The van der Waals surface area contributed by atoms with Crippen LogP contribution in [-0.2, 0) is 0 Å². The van der Waals surface area contributed by atoms with Gasteiger partial charge < -0.3 is 15.5 Å². The fourth-order valence-electron chi connectivity index (χ4n) is 2.42. The number of hydrogen-bond donors (Lipinski definition) is 2. The Bertz CT molecular complexity index is 223. The van der Waals surface area contributed by atoms with E-state index in [2.05, 4.69) is 17.6 Å². The number of carbonyl (C=O) groups excluding carboxylic acids is 1. The van der Waals surface area contributed by atoms with Crippen molar-refractivity contribution < 1.29 is 4.79 Å². The number of nitrogens with one attached hydrogen (secondary N) is 2. The van der Waals surface area contributed by atoms with E-state index in [1.54, 1.807) is 0 Å². The summed E-state index contributed by atoms with van der Waals surface area (Å²) in [6.45, 7) is 5.96. The maximum absolute atomic E-state index is 11.6. The molecule has 0 aromatic rings. The fourth-order valence-corrected chi connectivity index (χ4v) is 2.42. The van der Waals surface area contributed by atoms with Crippen LogP contribution in [0.3, 0.4) is 0 Å². The summed E-state index contributed by atoms with van der Waals surface area (Å²) >= 11 is 0. The molecule has 0 aliphatic carbocycles. The third kappa shape index (κ3) is 1.71. The minimum Gasteiger partial charge on any atom is -0.331 e. The SMILES string of the molecule is CCCN1CC2(CCNCC2)NC1=O. The molecule has 0 saturated carbocycles. The lowest BCUT2D eigenvalue weighted by Gasteiger charge is -2.32. The van der Waals surface area contributed by atoms with E-state index in [9.17, 15) is 4.79 Å². The first-order chi connectivity index (χ1) is 6.76. The minimum atomic E-state index is 0.0809. The molecule has 2 N–H and O–H groups in total. The first-order valence-corrected chi connectivity index (χ1v) is 5.54. The molecule has 2 aliphatic rings. The molecule has 0 atom stereocenters. The van der Waals surface area contributed by atoms with Crippen LogP contribution in [0.1, 0.15) is 26.2 Å². The Morgan fingerprint density at radius 3 is 2.79 bits per heavy atom. The highest BCUT2D eigenvalue weighted by Gasteiger charge is 2.42. The summed E-state index contributed by atoms with van der Waals surface area (Å²) in [6.07, 6.45) is 3.18. The van der Waals surface area contributed by atoms with Gasteiger partial charge in [0.15, 0.2) is 0 Å². The summed E-state index contributed by atoms with van der Waals surface area (Å²) in [7, 11) is 0. The zero-order valence-electron chi connectivity index (χ0n) is 8.81. The zero-order chi connectivity index (χ0) is 10.0. The molecule has 2 amide bonds. The van der Waals surface area contributed by atoms with E-state index in [0.717, 1.165) is 45.4 Å². The summed E-state index contributed by atoms with van der Waals surface area (Å²) in [6, 6.07) is 0.133. The zero-order valence-corrected chi connectivity index (χ0v) is 8.81.